The van der Waals surface area contributed by atoms with Crippen LogP contribution in [0.5, 0.6) is 0 Å². The van der Waals surface area contributed by atoms with E-state index in [0.717, 1.165) is 12.0 Å². The van der Waals surface area contributed by atoms with Gasteiger partial charge in [0.05, 0.1) is 0 Å². The first-order chi connectivity index (χ1) is 7.64. The quantitative estimate of drug-likeness (QED) is 0.633. The van der Waals surface area contributed by atoms with Crippen LogP contribution in [0.25, 0.3) is 0 Å². The summed E-state index contributed by atoms with van der Waals surface area (Å²) in [5.41, 5.74) is 1.13. The molecule has 0 saturated carbocycles. The third kappa shape index (κ3) is 5.24. The molecule has 1 aromatic carbocycles. The largest absolute Gasteiger partial charge is 0.248 e. The van der Waals surface area contributed by atoms with E-state index >= 15 is 0 Å². The molecule has 0 N–H and O–H groups in total. The number of aryl methyl sites for hydroxylation is 1. The van der Waals surface area contributed by atoms with Gasteiger partial charge in [-0.3, -0.25) is 0 Å². The molecule has 0 bridgehead atoms. The topological polar surface area (TPSA) is 0 Å². The minimum absolute atomic E-state index is 0.0120. The van der Waals surface area contributed by atoms with Crippen LogP contribution >= 0.6 is 0 Å². The maximum absolute atomic E-state index is 13.3. The van der Waals surface area contributed by atoms with Crippen LogP contribution in [0.4, 0.5) is 8.78 Å². The Morgan fingerprint density at radius 2 is 1.62 bits per heavy atom. The van der Waals surface area contributed by atoms with Crippen molar-refractivity contribution < 1.29 is 8.78 Å². The lowest BCUT2D eigenvalue weighted by Gasteiger charge is -2.15. The fourth-order valence-corrected chi connectivity index (χ4v) is 1.70. The molecule has 1 radical (unpaired) electrons. The minimum Gasteiger partial charge on any atom is -0.207 e. The summed E-state index contributed by atoms with van der Waals surface area (Å²) in [4.78, 5) is 0. The lowest BCUT2D eigenvalue weighted by atomic mass is 10.0. The van der Waals surface area contributed by atoms with Crippen molar-refractivity contribution in [2.24, 2.45) is 0 Å². The van der Waals surface area contributed by atoms with Gasteiger partial charge in [-0.05, 0) is 24.8 Å². The second kappa shape index (κ2) is 6.62. The predicted molar refractivity (Wildman–Crippen MR) is 63.5 cm³/mol. The summed E-state index contributed by atoms with van der Waals surface area (Å²) in [6.07, 6.45) is 2.36. The number of benzene rings is 1. The van der Waals surface area contributed by atoms with Gasteiger partial charge < -0.3 is 0 Å². The Kier molecular flexibility index (Phi) is 5.44. The molecule has 0 saturated heterocycles. The van der Waals surface area contributed by atoms with E-state index in [4.69, 9.17) is 0 Å². The number of hydrogen-bond donors (Lipinski definition) is 0. The fraction of sp³-hybridized carbons (Fsp3) is 0.500. The number of alkyl halides is 2. The highest BCUT2D eigenvalue weighted by atomic mass is 19.3. The van der Waals surface area contributed by atoms with E-state index in [9.17, 15) is 8.78 Å². The van der Waals surface area contributed by atoms with Gasteiger partial charge in [0.25, 0.3) is 0 Å². The van der Waals surface area contributed by atoms with Crippen LogP contribution in [-0.2, 0) is 6.42 Å². The van der Waals surface area contributed by atoms with Gasteiger partial charge in [0, 0.05) is 12.8 Å². The van der Waals surface area contributed by atoms with Crippen molar-refractivity contribution in [3.8, 4) is 0 Å². The number of unbranched alkanes of at least 4 members (excludes halogenated alkanes) is 1. The highest BCUT2D eigenvalue weighted by Gasteiger charge is 2.26. The Hall–Kier alpha value is -0.920. The second-order valence-electron chi connectivity index (χ2n) is 4.15. The van der Waals surface area contributed by atoms with Gasteiger partial charge in [-0.25, -0.2) is 8.78 Å². The van der Waals surface area contributed by atoms with Crippen molar-refractivity contribution in [3.05, 3.63) is 42.8 Å². The van der Waals surface area contributed by atoms with Crippen molar-refractivity contribution >= 4 is 0 Å². The normalized spacial score (nSPS) is 11.7. The summed E-state index contributed by atoms with van der Waals surface area (Å²) in [6.45, 7) is 3.58. The van der Waals surface area contributed by atoms with E-state index in [-0.39, 0.29) is 12.8 Å². The molecule has 0 unspecified atom stereocenters. The van der Waals surface area contributed by atoms with E-state index in [2.05, 4.69) is 6.92 Å². The van der Waals surface area contributed by atoms with E-state index < -0.39 is 5.92 Å². The van der Waals surface area contributed by atoms with Gasteiger partial charge in [0.2, 0.25) is 5.92 Å². The Bertz CT molecular complexity index is 280. The molecule has 0 heterocycles. The van der Waals surface area contributed by atoms with Crippen molar-refractivity contribution in [2.45, 2.75) is 44.4 Å². The van der Waals surface area contributed by atoms with Crippen LogP contribution in [-0.4, -0.2) is 5.92 Å². The molecule has 16 heavy (non-hydrogen) atoms. The zero-order valence-corrected chi connectivity index (χ0v) is 9.59. The van der Waals surface area contributed by atoms with Crippen LogP contribution in [0.3, 0.4) is 0 Å². The maximum atomic E-state index is 13.3. The van der Waals surface area contributed by atoms with Crippen LogP contribution in [0.15, 0.2) is 30.3 Å². The molecule has 0 fully saturated rings. The van der Waals surface area contributed by atoms with Crippen molar-refractivity contribution in [2.75, 3.05) is 0 Å². The molecule has 89 valence electrons. The third-order valence-corrected chi connectivity index (χ3v) is 2.64. The van der Waals surface area contributed by atoms with Crippen molar-refractivity contribution in [1.29, 1.82) is 0 Å². The number of hydrogen-bond acceptors (Lipinski definition) is 0. The summed E-state index contributed by atoms with van der Waals surface area (Å²) in [7, 11) is 0. The third-order valence-electron chi connectivity index (χ3n) is 2.64. The minimum atomic E-state index is -2.51. The van der Waals surface area contributed by atoms with Crippen LogP contribution < -0.4 is 0 Å². The maximum Gasteiger partial charge on any atom is 0.248 e. The van der Waals surface area contributed by atoms with Crippen molar-refractivity contribution in [3.63, 3.8) is 0 Å². The summed E-state index contributed by atoms with van der Waals surface area (Å²) >= 11 is 0. The lowest BCUT2D eigenvalue weighted by molar-refractivity contribution is -0.0193. The molecule has 1 aromatic rings. The molecule has 0 aliphatic carbocycles. The van der Waals surface area contributed by atoms with Crippen LogP contribution in [0.1, 0.15) is 37.7 Å². The molecule has 0 atom stereocenters. The fourth-order valence-electron chi connectivity index (χ4n) is 1.70. The van der Waals surface area contributed by atoms with Gasteiger partial charge in [0.1, 0.15) is 0 Å². The molecule has 0 aromatic heterocycles. The molecule has 0 aliphatic heterocycles. The SMILES string of the molecule is [CH2]CCCC(F)(F)CCCc1ccccc1. The molecule has 0 amide bonds. The number of rotatable bonds is 7. The first kappa shape index (κ1) is 13.1. The Labute approximate surface area is 96.7 Å². The van der Waals surface area contributed by atoms with Gasteiger partial charge in [0.15, 0.2) is 0 Å². The lowest BCUT2D eigenvalue weighted by Crippen LogP contribution is -2.15. The standard InChI is InChI=1S/C14H19F2/c1-2-3-11-14(15,16)12-7-10-13-8-5-4-6-9-13/h4-6,8-9H,1-3,7,10-12H2. The first-order valence-corrected chi connectivity index (χ1v) is 5.85. The summed E-state index contributed by atoms with van der Waals surface area (Å²) < 4.78 is 26.6. The van der Waals surface area contributed by atoms with E-state index in [1.165, 1.54) is 0 Å². The molecule has 2 heteroatoms. The molecule has 1 rings (SSSR count). The van der Waals surface area contributed by atoms with E-state index in [1.54, 1.807) is 0 Å². The van der Waals surface area contributed by atoms with Gasteiger partial charge >= 0.3 is 0 Å². The van der Waals surface area contributed by atoms with Gasteiger partial charge in [-0.2, -0.15) is 0 Å². The molecular formula is C14H19F2. The highest BCUT2D eigenvalue weighted by Crippen LogP contribution is 2.27. The summed E-state index contributed by atoms with van der Waals surface area (Å²) in [6, 6.07) is 9.78. The van der Waals surface area contributed by atoms with E-state index in [1.807, 2.05) is 30.3 Å². The summed E-state index contributed by atoms with van der Waals surface area (Å²) in [5.74, 6) is -2.51. The van der Waals surface area contributed by atoms with Gasteiger partial charge in [-0.1, -0.05) is 43.7 Å². The average molecular weight is 225 g/mol. The summed E-state index contributed by atoms with van der Waals surface area (Å²) in [5, 5.41) is 0. The Morgan fingerprint density at radius 3 is 2.25 bits per heavy atom. The average Bonchev–Trinajstić information content (AvgIpc) is 2.28. The van der Waals surface area contributed by atoms with Crippen molar-refractivity contribution in [1.82, 2.24) is 0 Å². The molecular weight excluding hydrogens is 206 g/mol. The monoisotopic (exact) mass is 225 g/mol. The van der Waals surface area contributed by atoms with Crippen LogP contribution in [0.2, 0.25) is 0 Å². The molecule has 0 aliphatic rings. The van der Waals surface area contributed by atoms with Gasteiger partial charge in [-0.15, -0.1) is 0 Å². The highest BCUT2D eigenvalue weighted by molar-refractivity contribution is 5.14. The predicted octanol–water partition coefficient (Wildman–Crippen LogP) is 4.65. The molecule has 0 spiro atoms. The first-order valence-electron chi connectivity index (χ1n) is 5.85. The zero-order valence-electron chi connectivity index (χ0n) is 9.59. The Morgan fingerprint density at radius 1 is 1.00 bits per heavy atom. The Balaban J connectivity index is 2.24. The van der Waals surface area contributed by atoms with E-state index in [0.29, 0.717) is 19.3 Å². The zero-order chi connectivity index (χ0) is 11.9. The second-order valence-corrected chi connectivity index (χ2v) is 4.15. The number of halogens is 2. The molecule has 0 nitrogen and oxygen atoms in total. The smallest absolute Gasteiger partial charge is 0.207 e. The van der Waals surface area contributed by atoms with Crippen LogP contribution in [0, 0.1) is 6.92 Å².